The zero-order valence-corrected chi connectivity index (χ0v) is 9.07. The van der Waals surface area contributed by atoms with Crippen LogP contribution in [-0.4, -0.2) is 43.0 Å². The zero-order chi connectivity index (χ0) is 11.3. The maximum Gasteiger partial charge on any atom is 0.323 e. The van der Waals surface area contributed by atoms with Crippen molar-refractivity contribution in [3.8, 4) is 0 Å². The average molecular weight is 214 g/mol. The Hall–Kier alpha value is -1.10. The number of piperidine rings is 1. The van der Waals surface area contributed by atoms with Gasteiger partial charge in [0.15, 0.2) is 0 Å². The lowest BCUT2D eigenvalue weighted by molar-refractivity contribution is -0.148. The van der Waals surface area contributed by atoms with Crippen molar-refractivity contribution in [1.82, 2.24) is 4.90 Å². The summed E-state index contributed by atoms with van der Waals surface area (Å²) in [7, 11) is 1.39. The second kappa shape index (κ2) is 5.70. The Bertz CT molecular complexity index is 243. The third kappa shape index (κ3) is 3.51. The van der Waals surface area contributed by atoms with Gasteiger partial charge in [0.2, 0.25) is 5.91 Å². The molecule has 5 nitrogen and oxygen atoms in total. The van der Waals surface area contributed by atoms with Crippen LogP contribution in [0.2, 0.25) is 0 Å². The Morgan fingerprint density at radius 1 is 1.47 bits per heavy atom. The third-order valence-electron chi connectivity index (χ3n) is 2.73. The van der Waals surface area contributed by atoms with Crippen LogP contribution in [-0.2, 0) is 14.3 Å². The van der Waals surface area contributed by atoms with Crippen molar-refractivity contribution in [3.63, 3.8) is 0 Å². The average Bonchev–Trinajstić information content (AvgIpc) is 2.25. The van der Waals surface area contributed by atoms with Gasteiger partial charge in [0, 0.05) is 13.0 Å². The number of likely N-dealkylation sites (tertiary alicyclic amines) is 1. The Balaban J connectivity index is 2.49. The fourth-order valence-electron chi connectivity index (χ4n) is 1.92. The Labute approximate surface area is 89.6 Å². The van der Waals surface area contributed by atoms with Gasteiger partial charge >= 0.3 is 5.97 Å². The van der Waals surface area contributed by atoms with Crippen LogP contribution in [0.1, 0.15) is 25.7 Å². The van der Waals surface area contributed by atoms with E-state index in [0.717, 1.165) is 25.8 Å². The molecule has 15 heavy (non-hydrogen) atoms. The molecule has 0 spiro atoms. The molecule has 0 saturated carbocycles. The van der Waals surface area contributed by atoms with Crippen molar-refractivity contribution >= 4 is 11.9 Å². The number of amides is 1. The molecule has 0 unspecified atom stereocenters. The smallest absolute Gasteiger partial charge is 0.323 e. The summed E-state index contributed by atoms with van der Waals surface area (Å²) in [6.07, 6.45) is 3.21. The normalized spacial score (nSPS) is 22.3. The van der Waals surface area contributed by atoms with E-state index in [4.69, 9.17) is 10.5 Å². The van der Waals surface area contributed by atoms with Gasteiger partial charge in [-0.2, -0.15) is 0 Å². The fourth-order valence-corrected chi connectivity index (χ4v) is 1.92. The summed E-state index contributed by atoms with van der Waals surface area (Å²) >= 11 is 0. The van der Waals surface area contributed by atoms with Crippen molar-refractivity contribution in [2.45, 2.75) is 31.7 Å². The zero-order valence-electron chi connectivity index (χ0n) is 9.07. The molecule has 1 rings (SSSR count). The summed E-state index contributed by atoms with van der Waals surface area (Å²) in [5.41, 5.74) is 5.08. The van der Waals surface area contributed by atoms with Gasteiger partial charge in [-0.3, -0.25) is 14.5 Å². The number of ether oxygens (including phenoxy) is 1. The minimum atomic E-state index is -0.329. The number of methoxy groups -OCH3 is 1. The molecule has 0 aliphatic carbocycles. The second-order valence-corrected chi connectivity index (χ2v) is 3.79. The number of hydrogen-bond acceptors (Lipinski definition) is 4. The van der Waals surface area contributed by atoms with Crippen LogP contribution < -0.4 is 5.73 Å². The number of primary amides is 1. The molecule has 5 heteroatoms. The maximum atomic E-state index is 11.4. The number of carbonyl (C=O) groups excluding carboxylic acids is 2. The highest BCUT2D eigenvalue weighted by Crippen LogP contribution is 2.18. The Morgan fingerprint density at radius 3 is 2.80 bits per heavy atom. The van der Waals surface area contributed by atoms with E-state index < -0.39 is 0 Å². The van der Waals surface area contributed by atoms with Gasteiger partial charge in [-0.25, -0.2) is 0 Å². The highest BCUT2D eigenvalue weighted by molar-refractivity contribution is 5.76. The summed E-state index contributed by atoms with van der Waals surface area (Å²) in [6.45, 7) is 1.39. The van der Waals surface area contributed by atoms with Crippen LogP contribution in [0.3, 0.4) is 0 Å². The van der Waals surface area contributed by atoms with Crippen molar-refractivity contribution in [1.29, 1.82) is 0 Å². The molecule has 1 atom stereocenters. The van der Waals surface area contributed by atoms with E-state index in [-0.39, 0.29) is 17.9 Å². The number of esters is 1. The topological polar surface area (TPSA) is 72.6 Å². The van der Waals surface area contributed by atoms with Crippen molar-refractivity contribution in [2.75, 3.05) is 20.2 Å². The summed E-state index contributed by atoms with van der Waals surface area (Å²) in [5.74, 6) is -0.539. The summed E-state index contributed by atoms with van der Waals surface area (Å²) in [6, 6.07) is -0.192. The van der Waals surface area contributed by atoms with Crippen molar-refractivity contribution < 1.29 is 14.3 Å². The minimum absolute atomic E-state index is 0.192. The minimum Gasteiger partial charge on any atom is -0.468 e. The van der Waals surface area contributed by atoms with Gasteiger partial charge in [-0.15, -0.1) is 0 Å². The van der Waals surface area contributed by atoms with Crippen LogP contribution in [0.4, 0.5) is 0 Å². The number of nitrogens with two attached hydrogens (primary N) is 1. The van der Waals surface area contributed by atoms with E-state index in [1.54, 1.807) is 0 Å². The molecule has 86 valence electrons. The molecule has 1 aliphatic rings. The first kappa shape index (κ1) is 12.0. The van der Waals surface area contributed by atoms with Crippen LogP contribution in [0.25, 0.3) is 0 Å². The predicted molar refractivity (Wildman–Crippen MR) is 55.0 cm³/mol. The quantitative estimate of drug-likeness (QED) is 0.663. The number of carbonyl (C=O) groups is 2. The molecule has 0 bridgehead atoms. The van der Waals surface area contributed by atoms with E-state index >= 15 is 0 Å². The highest BCUT2D eigenvalue weighted by atomic mass is 16.5. The number of nitrogens with zero attached hydrogens (tertiary/aromatic N) is 1. The van der Waals surface area contributed by atoms with E-state index in [1.165, 1.54) is 7.11 Å². The molecular formula is C10H18N2O3. The van der Waals surface area contributed by atoms with Gasteiger partial charge in [-0.05, 0) is 19.4 Å². The molecule has 1 saturated heterocycles. The van der Waals surface area contributed by atoms with E-state index in [2.05, 4.69) is 0 Å². The molecule has 1 heterocycles. The lowest BCUT2D eigenvalue weighted by Crippen LogP contribution is -2.46. The van der Waals surface area contributed by atoms with Gasteiger partial charge in [0.1, 0.15) is 6.04 Å². The molecule has 0 aromatic rings. The SMILES string of the molecule is COC(=O)[C@H]1CCCCN1CCC(N)=O. The number of rotatable bonds is 4. The third-order valence-corrected chi connectivity index (χ3v) is 2.73. The van der Waals surface area contributed by atoms with Crippen LogP contribution in [0, 0.1) is 0 Å². The van der Waals surface area contributed by atoms with Crippen LogP contribution >= 0.6 is 0 Å². The molecule has 2 N–H and O–H groups in total. The summed E-state index contributed by atoms with van der Waals surface area (Å²) < 4.78 is 4.73. The molecular weight excluding hydrogens is 196 g/mol. The first-order chi connectivity index (χ1) is 7.15. The number of hydrogen-bond donors (Lipinski definition) is 1. The van der Waals surface area contributed by atoms with Gasteiger partial charge in [-0.1, -0.05) is 6.42 Å². The second-order valence-electron chi connectivity index (χ2n) is 3.79. The van der Waals surface area contributed by atoms with Crippen molar-refractivity contribution in [3.05, 3.63) is 0 Å². The fraction of sp³-hybridized carbons (Fsp3) is 0.800. The lowest BCUT2D eigenvalue weighted by atomic mass is 10.0. The molecule has 1 aliphatic heterocycles. The maximum absolute atomic E-state index is 11.4. The van der Waals surface area contributed by atoms with E-state index in [1.807, 2.05) is 4.90 Å². The monoisotopic (exact) mass is 214 g/mol. The summed E-state index contributed by atoms with van der Waals surface area (Å²) in [5, 5.41) is 0. The highest BCUT2D eigenvalue weighted by Gasteiger charge is 2.29. The largest absolute Gasteiger partial charge is 0.468 e. The van der Waals surface area contributed by atoms with Gasteiger partial charge in [0.25, 0.3) is 0 Å². The standard InChI is InChI=1S/C10H18N2O3/c1-15-10(14)8-4-2-3-6-12(8)7-5-9(11)13/h8H,2-7H2,1H3,(H2,11,13)/t8-/m1/s1. The van der Waals surface area contributed by atoms with Crippen molar-refractivity contribution in [2.24, 2.45) is 5.73 Å². The summed E-state index contributed by atoms with van der Waals surface area (Å²) in [4.78, 5) is 24.1. The first-order valence-electron chi connectivity index (χ1n) is 5.25. The molecule has 1 amide bonds. The van der Waals surface area contributed by atoms with Gasteiger partial charge in [0.05, 0.1) is 7.11 Å². The first-order valence-corrected chi connectivity index (χ1v) is 5.25. The lowest BCUT2D eigenvalue weighted by Gasteiger charge is -2.33. The Kier molecular flexibility index (Phi) is 4.55. The van der Waals surface area contributed by atoms with Crippen LogP contribution in [0.15, 0.2) is 0 Å². The van der Waals surface area contributed by atoms with E-state index in [9.17, 15) is 9.59 Å². The Morgan fingerprint density at radius 2 is 2.20 bits per heavy atom. The van der Waals surface area contributed by atoms with Crippen LogP contribution in [0.5, 0.6) is 0 Å². The molecule has 1 fully saturated rings. The predicted octanol–water partition coefficient (Wildman–Crippen LogP) is -0.111. The van der Waals surface area contributed by atoms with Gasteiger partial charge < -0.3 is 10.5 Å². The molecule has 0 aromatic carbocycles. The molecule has 0 radical (unpaired) electrons. The van der Waals surface area contributed by atoms with E-state index in [0.29, 0.717) is 13.0 Å². The molecule has 0 aromatic heterocycles.